The molecule has 0 aromatic heterocycles. The van der Waals surface area contributed by atoms with Gasteiger partial charge in [0.15, 0.2) is 12.4 Å². The fourth-order valence-electron chi connectivity index (χ4n) is 1.18. The minimum atomic E-state index is -0.494. The summed E-state index contributed by atoms with van der Waals surface area (Å²) in [5.74, 6) is 0.762. The smallest absolute Gasteiger partial charge is 0.343 e. The number of nitrogen functional groups attached to an aromatic ring is 1. The third kappa shape index (κ3) is 3.17. The lowest BCUT2D eigenvalue weighted by Crippen LogP contribution is -2.13. The quantitative estimate of drug-likeness (QED) is 0.607. The van der Waals surface area contributed by atoms with Gasteiger partial charge in [0.25, 0.3) is 0 Å². The molecule has 0 aliphatic rings. The third-order valence-corrected chi connectivity index (χ3v) is 2.11. The number of rotatable bonds is 5. The molecule has 6 heteroatoms. The van der Waals surface area contributed by atoms with Crippen LogP contribution < -0.4 is 19.9 Å². The van der Waals surface area contributed by atoms with Gasteiger partial charge in [-0.15, -0.1) is 0 Å². The molecule has 0 saturated carbocycles. The van der Waals surface area contributed by atoms with Gasteiger partial charge < -0.3 is 24.7 Å². The van der Waals surface area contributed by atoms with Crippen LogP contribution in [0, 0.1) is 0 Å². The van der Waals surface area contributed by atoms with Crippen molar-refractivity contribution in [3.05, 3.63) is 12.1 Å². The summed E-state index contributed by atoms with van der Waals surface area (Å²) in [7, 11) is 4.27. The van der Waals surface area contributed by atoms with Crippen molar-refractivity contribution in [3.8, 4) is 17.2 Å². The number of hydrogen-bond acceptors (Lipinski definition) is 6. The number of anilines is 1. The fraction of sp³-hybridized carbons (Fsp3) is 0.364. The molecule has 6 nitrogen and oxygen atoms in total. The van der Waals surface area contributed by atoms with Crippen LogP contribution in [0.15, 0.2) is 12.1 Å². The molecule has 2 N–H and O–H groups in total. The van der Waals surface area contributed by atoms with E-state index in [1.165, 1.54) is 21.3 Å². The minimum absolute atomic E-state index is 0.225. The molecule has 0 aliphatic carbocycles. The Morgan fingerprint density at radius 1 is 1.18 bits per heavy atom. The Balaban J connectivity index is 2.93. The number of nitrogens with two attached hydrogens (primary N) is 1. The first-order valence-electron chi connectivity index (χ1n) is 4.83. The first-order chi connectivity index (χ1) is 8.12. The molecule has 0 unspecified atom stereocenters. The van der Waals surface area contributed by atoms with Gasteiger partial charge in [-0.05, 0) is 0 Å². The van der Waals surface area contributed by atoms with Crippen molar-refractivity contribution < 1.29 is 23.7 Å². The summed E-state index contributed by atoms with van der Waals surface area (Å²) in [5.41, 5.74) is 6.09. The highest BCUT2D eigenvalue weighted by Crippen LogP contribution is 2.36. The van der Waals surface area contributed by atoms with Crippen molar-refractivity contribution in [1.29, 1.82) is 0 Å². The molecule has 0 spiro atoms. The van der Waals surface area contributed by atoms with Crippen molar-refractivity contribution >= 4 is 11.7 Å². The van der Waals surface area contributed by atoms with Gasteiger partial charge in [-0.1, -0.05) is 0 Å². The molecule has 1 aromatic carbocycles. The van der Waals surface area contributed by atoms with E-state index in [0.717, 1.165) is 0 Å². The van der Waals surface area contributed by atoms with Gasteiger partial charge in [0.1, 0.15) is 17.2 Å². The zero-order valence-corrected chi connectivity index (χ0v) is 9.98. The zero-order valence-electron chi connectivity index (χ0n) is 9.98. The topological polar surface area (TPSA) is 80.0 Å². The van der Waals surface area contributed by atoms with Crippen LogP contribution in [-0.4, -0.2) is 33.9 Å². The Kier molecular flexibility index (Phi) is 4.45. The van der Waals surface area contributed by atoms with Gasteiger partial charge in [0.2, 0.25) is 0 Å². The van der Waals surface area contributed by atoms with E-state index in [9.17, 15) is 4.79 Å². The number of carbonyl (C=O) groups excluding carboxylic acids is 1. The lowest BCUT2D eigenvalue weighted by Gasteiger charge is -2.13. The maximum absolute atomic E-state index is 11.0. The summed E-state index contributed by atoms with van der Waals surface area (Å²) in [6.07, 6.45) is 0. The molecule has 1 rings (SSSR count). The van der Waals surface area contributed by atoms with Crippen LogP contribution in [0.5, 0.6) is 17.2 Å². The van der Waals surface area contributed by atoms with Gasteiger partial charge in [-0.2, -0.15) is 0 Å². The highest BCUT2D eigenvalue weighted by atomic mass is 16.6. The van der Waals surface area contributed by atoms with Crippen LogP contribution >= 0.6 is 0 Å². The summed E-state index contributed by atoms with van der Waals surface area (Å²) in [5, 5.41) is 0. The molecule has 0 amide bonds. The van der Waals surface area contributed by atoms with Crippen LogP contribution in [0.4, 0.5) is 5.69 Å². The molecule has 0 fully saturated rings. The van der Waals surface area contributed by atoms with Crippen molar-refractivity contribution in [2.24, 2.45) is 0 Å². The third-order valence-electron chi connectivity index (χ3n) is 2.11. The lowest BCUT2D eigenvalue weighted by molar-refractivity contribution is -0.142. The molecule has 17 heavy (non-hydrogen) atoms. The SMILES string of the molecule is COC(=O)COc1cc(OC)cc(OC)c1N. The van der Waals surface area contributed by atoms with Crippen LogP contribution in [0.3, 0.4) is 0 Å². The Morgan fingerprint density at radius 2 is 1.82 bits per heavy atom. The van der Waals surface area contributed by atoms with E-state index < -0.39 is 5.97 Å². The maximum atomic E-state index is 11.0. The van der Waals surface area contributed by atoms with E-state index in [2.05, 4.69) is 4.74 Å². The van der Waals surface area contributed by atoms with Crippen molar-refractivity contribution in [2.75, 3.05) is 33.7 Å². The predicted octanol–water partition coefficient (Wildman–Crippen LogP) is 0.838. The van der Waals surface area contributed by atoms with Gasteiger partial charge in [-0.25, -0.2) is 4.79 Å². The summed E-state index contributed by atoms with van der Waals surface area (Å²) in [4.78, 5) is 11.0. The summed E-state index contributed by atoms with van der Waals surface area (Å²) in [6, 6.07) is 3.20. The van der Waals surface area contributed by atoms with Gasteiger partial charge in [0, 0.05) is 12.1 Å². The van der Waals surface area contributed by atoms with Gasteiger partial charge in [0.05, 0.1) is 21.3 Å². The monoisotopic (exact) mass is 241 g/mol. The van der Waals surface area contributed by atoms with E-state index in [1.807, 2.05) is 0 Å². The molecule has 0 saturated heterocycles. The zero-order chi connectivity index (χ0) is 12.8. The van der Waals surface area contributed by atoms with E-state index in [1.54, 1.807) is 12.1 Å². The number of methoxy groups -OCH3 is 3. The van der Waals surface area contributed by atoms with E-state index in [0.29, 0.717) is 22.9 Å². The molecule has 0 aliphatic heterocycles. The summed E-state index contributed by atoms with van der Waals surface area (Å²) >= 11 is 0. The van der Waals surface area contributed by atoms with Crippen molar-refractivity contribution in [2.45, 2.75) is 0 Å². The Labute approximate surface area is 99.2 Å². The van der Waals surface area contributed by atoms with Crippen LogP contribution in [-0.2, 0) is 9.53 Å². The predicted molar refractivity (Wildman–Crippen MR) is 61.5 cm³/mol. The Bertz CT molecular complexity index is 405. The number of carbonyl (C=O) groups is 1. The van der Waals surface area contributed by atoms with Crippen LogP contribution in [0.2, 0.25) is 0 Å². The summed E-state index contributed by atoms with van der Waals surface area (Å²) in [6.45, 7) is -0.225. The van der Waals surface area contributed by atoms with E-state index in [4.69, 9.17) is 19.9 Å². The average Bonchev–Trinajstić information content (AvgIpc) is 2.37. The van der Waals surface area contributed by atoms with Crippen LogP contribution in [0.25, 0.3) is 0 Å². The molecule has 0 radical (unpaired) electrons. The van der Waals surface area contributed by atoms with Gasteiger partial charge in [-0.3, -0.25) is 0 Å². The highest BCUT2D eigenvalue weighted by molar-refractivity contribution is 5.72. The largest absolute Gasteiger partial charge is 0.496 e. The Hall–Kier alpha value is -2.11. The molecule has 0 atom stereocenters. The van der Waals surface area contributed by atoms with E-state index >= 15 is 0 Å². The number of ether oxygens (including phenoxy) is 4. The van der Waals surface area contributed by atoms with Crippen molar-refractivity contribution in [3.63, 3.8) is 0 Å². The fourth-order valence-corrected chi connectivity index (χ4v) is 1.18. The molecular weight excluding hydrogens is 226 g/mol. The number of benzene rings is 1. The first kappa shape index (κ1) is 13.0. The Morgan fingerprint density at radius 3 is 2.35 bits per heavy atom. The normalized spacial score (nSPS) is 9.59. The van der Waals surface area contributed by atoms with Crippen molar-refractivity contribution in [1.82, 2.24) is 0 Å². The number of hydrogen-bond donors (Lipinski definition) is 1. The first-order valence-corrected chi connectivity index (χ1v) is 4.83. The minimum Gasteiger partial charge on any atom is -0.496 e. The second-order valence-corrected chi connectivity index (χ2v) is 3.11. The second-order valence-electron chi connectivity index (χ2n) is 3.11. The molecule has 94 valence electrons. The maximum Gasteiger partial charge on any atom is 0.343 e. The average molecular weight is 241 g/mol. The van der Waals surface area contributed by atoms with E-state index in [-0.39, 0.29) is 6.61 Å². The molecule has 1 aromatic rings. The number of esters is 1. The van der Waals surface area contributed by atoms with Crippen LogP contribution in [0.1, 0.15) is 0 Å². The summed E-state index contributed by atoms with van der Waals surface area (Å²) < 4.78 is 19.8. The second kappa shape index (κ2) is 5.83. The highest BCUT2D eigenvalue weighted by Gasteiger charge is 2.12. The standard InChI is InChI=1S/C11H15NO5/c1-14-7-4-8(15-2)11(12)9(5-7)17-6-10(13)16-3/h4-5H,6,12H2,1-3H3. The molecular formula is C11H15NO5. The molecule has 0 heterocycles. The molecule has 0 bridgehead atoms. The lowest BCUT2D eigenvalue weighted by atomic mass is 10.2. The van der Waals surface area contributed by atoms with Gasteiger partial charge >= 0.3 is 5.97 Å².